The number of carbonyl (C=O) groups is 1. The van der Waals surface area contributed by atoms with E-state index in [-0.39, 0.29) is 18.1 Å². The summed E-state index contributed by atoms with van der Waals surface area (Å²) in [6, 6.07) is 3.31. The van der Waals surface area contributed by atoms with Crippen molar-refractivity contribution in [3.63, 3.8) is 0 Å². The first-order valence-electron chi connectivity index (χ1n) is 4.77. The third-order valence-electron chi connectivity index (χ3n) is 2.10. The van der Waals surface area contributed by atoms with Gasteiger partial charge < -0.3 is 9.84 Å². The number of phenolic OH excluding ortho intramolecular Hbond substituents is 1. The monoisotopic (exact) mass is 240 g/mol. The van der Waals surface area contributed by atoms with Crippen molar-refractivity contribution < 1.29 is 14.6 Å². The molecule has 0 aliphatic heterocycles. The molecule has 1 aromatic carbocycles. The van der Waals surface area contributed by atoms with E-state index in [9.17, 15) is 9.90 Å². The summed E-state index contributed by atoms with van der Waals surface area (Å²) in [4.78, 5) is 10.9. The van der Waals surface area contributed by atoms with Crippen LogP contribution in [0.25, 0.3) is 6.08 Å². The number of hydrogen-bond acceptors (Lipinski definition) is 3. The molecule has 0 fully saturated rings. The second kappa shape index (κ2) is 5.56. The second-order valence-corrected chi connectivity index (χ2v) is 3.78. The number of hydrogen-bond donors (Lipinski definition) is 1. The van der Waals surface area contributed by atoms with E-state index < -0.39 is 0 Å². The first kappa shape index (κ1) is 12.6. The Morgan fingerprint density at radius 3 is 2.88 bits per heavy atom. The zero-order valence-electron chi connectivity index (χ0n) is 9.16. The molecule has 3 nitrogen and oxygen atoms in total. The Balaban J connectivity index is 2.85. The van der Waals surface area contributed by atoms with Crippen molar-refractivity contribution in [2.24, 2.45) is 0 Å². The van der Waals surface area contributed by atoms with E-state index in [4.69, 9.17) is 11.6 Å². The third kappa shape index (κ3) is 3.28. The summed E-state index contributed by atoms with van der Waals surface area (Å²) in [5.41, 5.74) is 1.29. The number of aryl methyl sites for hydroxylation is 1. The first-order valence-corrected chi connectivity index (χ1v) is 5.15. The fraction of sp³-hybridized carbons (Fsp3) is 0.250. The first-order chi connectivity index (χ1) is 7.54. The van der Waals surface area contributed by atoms with Gasteiger partial charge in [-0.15, -0.1) is 0 Å². The SMILES string of the molecule is COC(=O)CC=Cc1cc(Cl)cc(C)c1O. The van der Waals surface area contributed by atoms with Crippen LogP contribution in [0.3, 0.4) is 0 Å². The number of halogens is 1. The Bertz CT molecular complexity index is 425. The van der Waals surface area contributed by atoms with E-state index in [1.54, 1.807) is 31.2 Å². The summed E-state index contributed by atoms with van der Waals surface area (Å²) < 4.78 is 4.49. The van der Waals surface area contributed by atoms with E-state index in [0.717, 1.165) is 0 Å². The highest BCUT2D eigenvalue weighted by atomic mass is 35.5. The minimum absolute atomic E-state index is 0.168. The number of phenols is 1. The van der Waals surface area contributed by atoms with Gasteiger partial charge in [0.25, 0.3) is 0 Å². The van der Waals surface area contributed by atoms with E-state index in [2.05, 4.69) is 4.74 Å². The largest absolute Gasteiger partial charge is 0.507 e. The number of methoxy groups -OCH3 is 1. The highest BCUT2D eigenvalue weighted by Gasteiger charge is 2.03. The summed E-state index contributed by atoms with van der Waals surface area (Å²) >= 11 is 5.85. The average molecular weight is 241 g/mol. The van der Waals surface area contributed by atoms with Crippen LogP contribution in [0.4, 0.5) is 0 Å². The van der Waals surface area contributed by atoms with E-state index >= 15 is 0 Å². The summed E-state index contributed by atoms with van der Waals surface area (Å²) in [5.74, 6) is -0.153. The van der Waals surface area contributed by atoms with Crippen LogP contribution in [0.2, 0.25) is 5.02 Å². The molecule has 0 atom stereocenters. The van der Waals surface area contributed by atoms with Crippen molar-refractivity contribution in [2.45, 2.75) is 13.3 Å². The molecular weight excluding hydrogens is 228 g/mol. The Kier molecular flexibility index (Phi) is 4.38. The number of rotatable bonds is 3. The Hall–Kier alpha value is -1.48. The lowest BCUT2D eigenvalue weighted by molar-refractivity contribution is -0.139. The molecule has 0 radical (unpaired) electrons. The van der Waals surface area contributed by atoms with Gasteiger partial charge in [-0.05, 0) is 24.6 Å². The summed E-state index contributed by atoms with van der Waals surface area (Å²) in [6.07, 6.45) is 3.43. The van der Waals surface area contributed by atoms with Crippen LogP contribution in [0.15, 0.2) is 18.2 Å². The van der Waals surface area contributed by atoms with Crippen LogP contribution in [-0.2, 0) is 9.53 Å². The van der Waals surface area contributed by atoms with Gasteiger partial charge in [0.05, 0.1) is 13.5 Å². The van der Waals surface area contributed by atoms with E-state index in [1.165, 1.54) is 7.11 Å². The molecule has 86 valence electrons. The predicted molar refractivity (Wildman–Crippen MR) is 63.5 cm³/mol. The number of benzene rings is 1. The summed E-state index contributed by atoms with van der Waals surface area (Å²) in [5, 5.41) is 10.3. The van der Waals surface area contributed by atoms with Gasteiger partial charge in [0.15, 0.2) is 0 Å². The molecule has 1 N–H and O–H groups in total. The van der Waals surface area contributed by atoms with Crippen LogP contribution >= 0.6 is 11.6 Å². The van der Waals surface area contributed by atoms with Gasteiger partial charge in [-0.1, -0.05) is 23.8 Å². The molecule has 0 aromatic heterocycles. The van der Waals surface area contributed by atoms with Crippen molar-refractivity contribution in [1.82, 2.24) is 0 Å². The number of esters is 1. The zero-order chi connectivity index (χ0) is 12.1. The van der Waals surface area contributed by atoms with Gasteiger partial charge in [-0.25, -0.2) is 0 Å². The van der Waals surface area contributed by atoms with Crippen LogP contribution in [0.1, 0.15) is 17.5 Å². The fourth-order valence-corrected chi connectivity index (χ4v) is 1.54. The molecular formula is C12H13ClO3. The van der Waals surface area contributed by atoms with Crippen LogP contribution in [-0.4, -0.2) is 18.2 Å². The summed E-state index contributed by atoms with van der Waals surface area (Å²) in [7, 11) is 1.33. The number of carbonyl (C=O) groups excluding carboxylic acids is 1. The van der Waals surface area contributed by atoms with E-state index in [1.807, 2.05) is 0 Å². The minimum atomic E-state index is -0.325. The molecule has 4 heteroatoms. The molecule has 0 aliphatic rings. The van der Waals surface area contributed by atoms with Crippen LogP contribution < -0.4 is 0 Å². The molecule has 0 heterocycles. The maximum absolute atomic E-state index is 10.9. The normalized spacial score (nSPS) is 10.7. The van der Waals surface area contributed by atoms with Crippen LogP contribution in [0, 0.1) is 6.92 Å². The van der Waals surface area contributed by atoms with Crippen molar-refractivity contribution in [2.75, 3.05) is 7.11 Å². The fourth-order valence-electron chi connectivity index (χ4n) is 1.25. The van der Waals surface area contributed by atoms with Crippen molar-refractivity contribution in [3.05, 3.63) is 34.4 Å². The molecule has 0 saturated carbocycles. The van der Waals surface area contributed by atoms with Gasteiger partial charge >= 0.3 is 5.97 Å². The zero-order valence-corrected chi connectivity index (χ0v) is 9.91. The lowest BCUT2D eigenvalue weighted by atomic mass is 10.1. The molecule has 0 unspecified atom stereocenters. The van der Waals surface area contributed by atoms with Gasteiger partial charge in [-0.3, -0.25) is 4.79 Å². The van der Waals surface area contributed by atoms with Crippen molar-refractivity contribution in [1.29, 1.82) is 0 Å². The van der Waals surface area contributed by atoms with Crippen LogP contribution in [0.5, 0.6) is 5.75 Å². The van der Waals surface area contributed by atoms with Gasteiger partial charge in [0.2, 0.25) is 0 Å². The van der Waals surface area contributed by atoms with Crippen molar-refractivity contribution >= 4 is 23.6 Å². The maximum Gasteiger partial charge on any atom is 0.309 e. The van der Waals surface area contributed by atoms with Gasteiger partial charge in [0.1, 0.15) is 5.75 Å². The molecule has 16 heavy (non-hydrogen) atoms. The predicted octanol–water partition coefficient (Wildman–Crippen LogP) is 2.93. The maximum atomic E-state index is 10.9. The highest BCUT2D eigenvalue weighted by Crippen LogP contribution is 2.27. The van der Waals surface area contributed by atoms with Gasteiger partial charge in [0, 0.05) is 10.6 Å². The summed E-state index contributed by atoms with van der Waals surface area (Å²) in [6.45, 7) is 1.76. The van der Waals surface area contributed by atoms with E-state index in [0.29, 0.717) is 16.1 Å². The Labute approximate surface area is 99.3 Å². The highest BCUT2D eigenvalue weighted by molar-refractivity contribution is 6.30. The quantitative estimate of drug-likeness (QED) is 0.827. The standard InChI is InChI=1S/C12H13ClO3/c1-8-6-10(13)7-9(12(8)15)4-3-5-11(14)16-2/h3-4,6-7,15H,5H2,1-2H3. The van der Waals surface area contributed by atoms with Gasteiger partial charge in [-0.2, -0.15) is 0 Å². The topological polar surface area (TPSA) is 46.5 Å². The molecule has 1 rings (SSSR count). The lowest BCUT2D eigenvalue weighted by Gasteiger charge is -2.03. The Morgan fingerprint density at radius 1 is 1.56 bits per heavy atom. The second-order valence-electron chi connectivity index (χ2n) is 3.34. The number of aromatic hydroxyl groups is 1. The Morgan fingerprint density at radius 2 is 2.25 bits per heavy atom. The molecule has 0 saturated heterocycles. The molecule has 0 aliphatic carbocycles. The lowest BCUT2D eigenvalue weighted by Crippen LogP contribution is -1.96. The molecule has 0 bridgehead atoms. The number of ether oxygens (including phenoxy) is 1. The van der Waals surface area contributed by atoms with Crippen molar-refractivity contribution in [3.8, 4) is 5.75 Å². The third-order valence-corrected chi connectivity index (χ3v) is 2.32. The minimum Gasteiger partial charge on any atom is -0.507 e. The molecule has 0 amide bonds. The average Bonchev–Trinajstić information content (AvgIpc) is 2.24. The molecule has 1 aromatic rings. The molecule has 0 spiro atoms. The smallest absolute Gasteiger partial charge is 0.309 e.